The van der Waals surface area contributed by atoms with E-state index in [2.05, 4.69) is 6.58 Å². The fourth-order valence-corrected chi connectivity index (χ4v) is 1.04. The fraction of sp³-hybridized carbons (Fsp3) is 0.100. The van der Waals surface area contributed by atoms with E-state index in [0.717, 1.165) is 6.08 Å². The van der Waals surface area contributed by atoms with Gasteiger partial charge in [0.25, 0.3) is 0 Å². The molecule has 1 atom stereocenters. The van der Waals surface area contributed by atoms with Crippen LogP contribution in [0.25, 0.3) is 0 Å². The molecule has 1 aromatic carbocycles. The lowest BCUT2D eigenvalue weighted by Gasteiger charge is -2.05. The molecule has 0 saturated heterocycles. The summed E-state index contributed by atoms with van der Waals surface area (Å²) in [6.45, 7) is 3.32. The van der Waals surface area contributed by atoms with Crippen LogP contribution < -0.4 is 5.73 Å². The van der Waals surface area contributed by atoms with E-state index in [1.807, 2.05) is 6.07 Å². The first-order valence-electron chi connectivity index (χ1n) is 3.75. The van der Waals surface area contributed by atoms with Gasteiger partial charge in [0, 0.05) is 11.3 Å². The van der Waals surface area contributed by atoms with E-state index < -0.39 is 6.17 Å². The molecular weight excluding hydrogens is 167 g/mol. The lowest BCUT2D eigenvalue weighted by atomic mass is 10.0. The van der Waals surface area contributed by atoms with Gasteiger partial charge in [0.15, 0.2) is 0 Å². The van der Waals surface area contributed by atoms with Crippen molar-refractivity contribution in [1.82, 2.24) is 0 Å². The highest BCUT2D eigenvalue weighted by Gasteiger charge is 2.10. The number of rotatable bonds is 2. The Bertz CT molecular complexity index is 366. The minimum atomic E-state index is -1.34. The van der Waals surface area contributed by atoms with Gasteiger partial charge in [-0.3, -0.25) is 0 Å². The molecule has 1 unspecified atom stereocenters. The molecule has 0 aromatic heterocycles. The number of anilines is 1. The molecule has 0 aliphatic rings. The molecule has 0 heterocycles. The minimum Gasteiger partial charge on any atom is -0.399 e. The smallest absolute Gasteiger partial charge is 0.144 e. The van der Waals surface area contributed by atoms with Crippen molar-refractivity contribution in [2.24, 2.45) is 0 Å². The quantitative estimate of drug-likeness (QED) is 0.555. The molecule has 2 N–H and O–H groups in total. The van der Waals surface area contributed by atoms with E-state index in [1.165, 1.54) is 12.1 Å². The molecule has 0 bridgehead atoms. The van der Waals surface area contributed by atoms with Crippen LogP contribution in [0, 0.1) is 11.3 Å². The Hall–Kier alpha value is -1.82. The molecular formula is C10H9FN2. The van der Waals surface area contributed by atoms with Gasteiger partial charge in [-0.1, -0.05) is 12.7 Å². The molecule has 0 aliphatic heterocycles. The standard InChI is InChI=1S/C10H9FN2/c1-2-10(11)9-5-8(13)4-3-7(9)6-12/h2-5,10H,1,13H2. The van der Waals surface area contributed by atoms with Gasteiger partial charge in [-0.05, 0) is 18.2 Å². The van der Waals surface area contributed by atoms with Crippen LogP contribution in [0.5, 0.6) is 0 Å². The minimum absolute atomic E-state index is 0.275. The molecule has 66 valence electrons. The SMILES string of the molecule is C=CC(F)c1cc(N)ccc1C#N. The highest BCUT2D eigenvalue weighted by Crippen LogP contribution is 2.24. The average Bonchev–Trinajstić information content (AvgIpc) is 2.16. The van der Waals surface area contributed by atoms with Crippen LogP contribution in [0.1, 0.15) is 17.3 Å². The Balaban J connectivity index is 3.25. The fourth-order valence-electron chi connectivity index (χ4n) is 1.04. The number of nitrogens with two attached hydrogens (primary N) is 1. The summed E-state index contributed by atoms with van der Waals surface area (Å²) in [6.07, 6.45) is -0.201. The molecule has 13 heavy (non-hydrogen) atoms. The largest absolute Gasteiger partial charge is 0.399 e. The van der Waals surface area contributed by atoms with E-state index in [-0.39, 0.29) is 5.56 Å². The average molecular weight is 176 g/mol. The van der Waals surface area contributed by atoms with Crippen LogP contribution >= 0.6 is 0 Å². The third-order valence-electron chi connectivity index (χ3n) is 1.70. The summed E-state index contributed by atoms with van der Waals surface area (Å²) in [5, 5.41) is 8.66. The topological polar surface area (TPSA) is 49.8 Å². The van der Waals surface area contributed by atoms with Gasteiger partial charge in [-0.25, -0.2) is 4.39 Å². The monoisotopic (exact) mass is 176 g/mol. The van der Waals surface area contributed by atoms with Crippen molar-refractivity contribution < 1.29 is 4.39 Å². The number of benzene rings is 1. The van der Waals surface area contributed by atoms with Gasteiger partial charge in [0.05, 0.1) is 11.6 Å². The summed E-state index contributed by atoms with van der Waals surface area (Å²) < 4.78 is 13.2. The van der Waals surface area contributed by atoms with Crippen molar-refractivity contribution in [2.45, 2.75) is 6.17 Å². The second-order valence-electron chi connectivity index (χ2n) is 2.60. The number of nitrogens with zero attached hydrogens (tertiary/aromatic N) is 1. The summed E-state index contributed by atoms with van der Waals surface area (Å²) in [5.74, 6) is 0. The van der Waals surface area contributed by atoms with Gasteiger partial charge in [0.2, 0.25) is 0 Å². The molecule has 0 fully saturated rings. The zero-order valence-corrected chi connectivity index (χ0v) is 7.00. The molecule has 0 spiro atoms. The highest BCUT2D eigenvalue weighted by molar-refractivity contribution is 5.50. The maximum atomic E-state index is 13.2. The van der Waals surface area contributed by atoms with Crippen molar-refractivity contribution in [3.8, 4) is 6.07 Å². The zero-order valence-electron chi connectivity index (χ0n) is 7.00. The zero-order chi connectivity index (χ0) is 9.84. The second kappa shape index (κ2) is 3.72. The summed E-state index contributed by atoms with van der Waals surface area (Å²) in [7, 11) is 0. The molecule has 2 nitrogen and oxygen atoms in total. The highest BCUT2D eigenvalue weighted by atomic mass is 19.1. The number of allylic oxidation sites excluding steroid dienone is 1. The van der Waals surface area contributed by atoms with Gasteiger partial charge in [0.1, 0.15) is 6.17 Å². The van der Waals surface area contributed by atoms with Crippen molar-refractivity contribution in [2.75, 3.05) is 5.73 Å². The molecule has 0 saturated carbocycles. The number of alkyl halides is 1. The second-order valence-corrected chi connectivity index (χ2v) is 2.60. The lowest BCUT2D eigenvalue weighted by Crippen LogP contribution is -1.95. The number of halogens is 1. The summed E-state index contributed by atoms with van der Waals surface area (Å²) in [4.78, 5) is 0. The van der Waals surface area contributed by atoms with E-state index in [9.17, 15) is 4.39 Å². The van der Waals surface area contributed by atoms with Crippen LogP contribution in [-0.2, 0) is 0 Å². The molecule has 0 aliphatic carbocycles. The third kappa shape index (κ3) is 1.85. The van der Waals surface area contributed by atoms with E-state index >= 15 is 0 Å². The number of nitrogen functional groups attached to an aromatic ring is 1. The van der Waals surface area contributed by atoms with Gasteiger partial charge < -0.3 is 5.73 Å². The van der Waals surface area contributed by atoms with Gasteiger partial charge in [-0.15, -0.1) is 0 Å². The Kier molecular flexibility index (Phi) is 2.65. The van der Waals surface area contributed by atoms with Crippen LogP contribution in [0.15, 0.2) is 30.9 Å². The number of nitriles is 1. The van der Waals surface area contributed by atoms with E-state index in [0.29, 0.717) is 11.3 Å². The number of hydrogen-bond acceptors (Lipinski definition) is 2. The maximum absolute atomic E-state index is 13.2. The van der Waals surface area contributed by atoms with Gasteiger partial charge >= 0.3 is 0 Å². The Morgan fingerprint density at radius 1 is 1.62 bits per heavy atom. The Morgan fingerprint density at radius 2 is 2.31 bits per heavy atom. The van der Waals surface area contributed by atoms with Gasteiger partial charge in [-0.2, -0.15) is 5.26 Å². The summed E-state index contributed by atoms with van der Waals surface area (Å²) in [6, 6.07) is 6.41. The van der Waals surface area contributed by atoms with Crippen molar-refractivity contribution in [3.63, 3.8) is 0 Å². The molecule has 1 rings (SSSR count). The lowest BCUT2D eigenvalue weighted by molar-refractivity contribution is 0.414. The van der Waals surface area contributed by atoms with E-state index in [1.54, 1.807) is 6.07 Å². The summed E-state index contributed by atoms with van der Waals surface area (Å²) >= 11 is 0. The van der Waals surface area contributed by atoms with E-state index in [4.69, 9.17) is 11.0 Å². The van der Waals surface area contributed by atoms with Crippen LogP contribution in [-0.4, -0.2) is 0 Å². The Labute approximate surface area is 76.1 Å². The molecule has 1 aromatic rings. The third-order valence-corrected chi connectivity index (χ3v) is 1.70. The normalized spacial score (nSPS) is 11.7. The predicted octanol–water partition coefficient (Wildman–Crippen LogP) is 2.34. The molecule has 0 amide bonds. The number of hydrogen-bond donors (Lipinski definition) is 1. The Morgan fingerprint density at radius 3 is 2.85 bits per heavy atom. The maximum Gasteiger partial charge on any atom is 0.144 e. The first-order chi connectivity index (χ1) is 6.19. The predicted molar refractivity (Wildman–Crippen MR) is 49.6 cm³/mol. The van der Waals surface area contributed by atoms with Crippen molar-refractivity contribution in [3.05, 3.63) is 42.0 Å². The van der Waals surface area contributed by atoms with Crippen LogP contribution in [0.4, 0.5) is 10.1 Å². The summed E-state index contributed by atoms with van der Waals surface area (Å²) in [5.41, 5.74) is 6.48. The van der Waals surface area contributed by atoms with Crippen LogP contribution in [0.2, 0.25) is 0 Å². The van der Waals surface area contributed by atoms with Crippen molar-refractivity contribution >= 4 is 5.69 Å². The van der Waals surface area contributed by atoms with Crippen molar-refractivity contribution in [1.29, 1.82) is 5.26 Å². The molecule has 0 radical (unpaired) electrons. The first kappa shape index (κ1) is 9.27. The molecule has 3 heteroatoms. The first-order valence-corrected chi connectivity index (χ1v) is 3.75. The van der Waals surface area contributed by atoms with Crippen LogP contribution in [0.3, 0.4) is 0 Å².